The average molecular weight is 710 g/mol. The lowest BCUT2D eigenvalue weighted by molar-refractivity contribution is -0.438. The van der Waals surface area contributed by atoms with Gasteiger partial charge in [-0.1, -0.05) is 121 Å². The number of unbranched alkanes of at least 4 members (excludes halogenated alkanes) is 4. The van der Waals surface area contributed by atoms with E-state index in [2.05, 4.69) is 168 Å². The summed E-state index contributed by atoms with van der Waals surface area (Å²) in [6.45, 7) is 21.0. The van der Waals surface area contributed by atoms with Crippen LogP contribution in [0.2, 0.25) is 0 Å². The average Bonchev–Trinajstić information content (AvgIpc) is 3.48. The van der Waals surface area contributed by atoms with Crippen molar-refractivity contribution in [1.29, 1.82) is 0 Å². The first-order valence-corrected chi connectivity index (χ1v) is 20.6. The van der Waals surface area contributed by atoms with Gasteiger partial charge >= 0.3 is 0 Å². The summed E-state index contributed by atoms with van der Waals surface area (Å²) in [5, 5.41) is 0. The monoisotopic (exact) mass is 710 g/mol. The molecule has 3 aliphatic rings. The summed E-state index contributed by atoms with van der Waals surface area (Å²) in [6, 6.07) is 28.4. The Bertz CT molecular complexity index is 1890. The van der Waals surface area contributed by atoms with Crippen molar-refractivity contribution < 1.29 is 9.31 Å². The molecule has 1 aliphatic carbocycles. The van der Waals surface area contributed by atoms with Gasteiger partial charge in [-0.25, -0.2) is 0 Å². The van der Waals surface area contributed by atoms with Gasteiger partial charge in [0, 0.05) is 47.5 Å². The zero-order chi connectivity index (χ0) is 37.6. The van der Waals surface area contributed by atoms with Gasteiger partial charge in [0.05, 0.1) is 5.41 Å². The van der Waals surface area contributed by atoms with Crippen molar-refractivity contribution in [1.82, 2.24) is 0 Å². The van der Waals surface area contributed by atoms with Crippen molar-refractivity contribution in [3.05, 3.63) is 137 Å². The Morgan fingerprint density at radius 2 is 1.45 bits per heavy atom. The van der Waals surface area contributed by atoms with Crippen molar-refractivity contribution in [3.8, 4) is 5.75 Å². The maximum absolute atomic E-state index is 6.89. The molecule has 0 saturated carbocycles. The molecule has 0 bridgehead atoms. The van der Waals surface area contributed by atoms with Crippen LogP contribution in [0.1, 0.15) is 131 Å². The van der Waals surface area contributed by atoms with Crippen LogP contribution in [0.25, 0.3) is 0 Å². The smallest absolute Gasteiger partial charge is 0.209 e. The number of rotatable bonds is 14. The maximum atomic E-state index is 6.89. The van der Waals surface area contributed by atoms with E-state index in [1.807, 2.05) is 0 Å². The van der Waals surface area contributed by atoms with Crippen molar-refractivity contribution in [2.24, 2.45) is 5.41 Å². The standard InChI is InChI=1S/C50H65N2O/c1-9-10-20-36-51-43-29-17-15-27-41(43)49(5,6)45(51)33-31-38-23-22-24-39(47(38)53-40-25-13-11-14-26-40)32-34-46-50(7,8)42-28-16-18-30-44(42)52(46)37-21-12-19-35-48(2,3)4/h11,13-18,25-34H,9-10,12,19-24,35-37H2,1-8H3/q+1. The number of para-hydroxylation sites is 3. The fourth-order valence-corrected chi connectivity index (χ4v) is 8.70. The van der Waals surface area contributed by atoms with E-state index in [0.29, 0.717) is 5.41 Å². The lowest BCUT2D eigenvalue weighted by atomic mass is 9.81. The predicted molar refractivity (Wildman–Crippen MR) is 227 cm³/mol. The number of benzene rings is 3. The third-order valence-corrected chi connectivity index (χ3v) is 11.7. The van der Waals surface area contributed by atoms with Gasteiger partial charge in [0.2, 0.25) is 5.69 Å². The molecule has 3 aromatic rings. The molecule has 0 N–H and O–H groups in total. The minimum atomic E-state index is -0.0818. The molecule has 53 heavy (non-hydrogen) atoms. The second-order valence-corrected chi connectivity index (χ2v) is 17.8. The lowest BCUT2D eigenvalue weighted by Gasteiger charge is -2.27. The highest BCUT2D eigenvalue weighted by Gasteiger charge is 2.44. The van der Waals surface area contributed by atoms with Gasteiger partial charge in [-0.05, 0) is 105 Å². The molecule has 6 rings (SSSR count). The second kappa shape index (κ2) is 16.5. The van der Waals surface area contributed by atoms with Crippen LogP contribution in [0.5, 0.6) is 5.75 Å². The molecule has 0 saturated heterocycles. The summed E-state index contributed by atoms with van der Waals surface area (Å²) in [7, 11) is 0. The fraction of sp³-hybridized carbons (Fsp3) is 0.460. The fourth-order valence-electron chi connectivity index (χ4n) is 8.70. The molecule has 3 aromatic carbocycles. The maximum Gasteiger partial charge on any atom is 0.209 e. The second-order valence-electron chi connectivity index (χ2n) is 17.8. The van der Waals surface area contributed by atoms with E-state index in [9.17, 15) is 0 Å². The Hall–Kier alpha value is -4.11. The van der Waals surface area contributed by atoms with Gasteiger partial charge in [-0.3, -0.25) is 0 Å². The third-order valence-electron chi connectivity index (χ3n) is 11.7. The van der Waals surface area contributed by atoms with E-state index in [1.165, 1.54) is 90.0 Å². The van der Waals surface area contributed by atoms with Gasteiger partial charge in [0.15, 0.2) is 5.71 Å². The quantitative estimate of drug-likeness (QED) is 0.122. The largest absolute Gasteiger partial charge is 0.457 e. The van der Waals surface area contributed by atoms with Gasteiger partial charge in [0.1, 0.15) is 18.1 Å². The Kier molecular flexibility index (Phi) is 12.0. The molecule has 3 heteroatoms. The van der Waals surface area contributed by atoms with E-state index < -0.39 is 0 Å². The Morgan fingerprint density at radius 1 is 0.736 bits per heavy atom. The highest BCUT2D eigenvalue weighted by Crippen LogP contribution is 2.48. The van der Waals surface area contributed by atoms with Gasteiger partial charge in [0.25, 0.3) is 0 Å². The molecular formula is C50H65N2O+. The molecule has 0 amide bonds. The molecule has 0 atom stereocenters. The summed E-state index contributed by atoms with van der Waals surface area (Å²) in [4.78, 5) is 2.58. The molecule has 0 fully saturated rings. The molecule has 0 unspecified atom stereocenters. The summed E-state index contributed by atoms with van der Waals surface area (Å²) >= 11 is 0. The predicted octanol–water partition coefficient (Wildman–Crippen LogP) is 13.5. The summed E-state index contributed by atoms with van der Waals surface area (Å²) in [6.07, 6.45) is 21.4. The summed E-state index contributed by atoms with van der Waals surface area (Å²) in [5.41, 5.74) is 11.1. The molecule has 0 aromatic heterocycles. The van der Waals surface area contributed by atoms with Crippen LogP contribution in [0.15, 0.2) is 126 Å². The number of hydrogen-bond acceptors (Lipinski definition) is 2. The number of ether oxygens (including phenoxy) is 1. The normalized spacial score (nSPS) is 19.5. The van der Waals surface area contributed by atoms with E-state index in [0.717, 1.165) is 43.9 Å². The highest BCUT2D eigenvalue weighted by molar-refractivity contribution is 6.03. The van der Waals surface area contributed by atoms with Crippen molar-refractivity contribution in [2.45, 2.75) is 130 Å². The van der Waals surface area contributed by atoms with E-state index in [1.54, 1.807) is 0 Å². The van der Waals surface area contributed by atoms with Crippen molar-refractivity contribution in [2.75, 3.05) is 18.0 Å². The number of fused-ring (bicyclic) bond motifs is 2. The van der Waals surface area contributed by atoms with Crippen LogP contribution in [0.4, 0.5) is 11.4 Å². The van der Waals surface area contributed by atoms with Crippen LogP contribution in [0, 0.1) is 5.41 Å². The van der Waals surface area contributed by atoms with Gasteiger partial charge < -0.3 is 9.64 Å². The van der Waals surface area contributed by atoms with Crippen molar-refractivity contribution in [3.63, 3.8) is 0 Å². The van der Waals surface area contributed by atoms with Gasteiger partial charge in [-0.15, -0.1) is 0 Å². The zero-order valence-corrected chi connectivity index (χ0v) is 34.1. The number of nitrogens with zero attached hydrogens (tertiary/aromatic N) is 2. The Labute approximate surface area is 321 Å². The molecule has 0 radical (unpaired) electrons. The van der Waals surface area contributed by atoms with Crippen LogP contribution >= 0.6 is 0 Å². The molecule has 2 heterocycles. The summed E-state index contributed by atoms with van der Waals surface area (Å²) in [5.74, 6) is 1.91. The van der Waals surface area contributed by atoms with E-state index in [-0.39, 0.29) is 10.8 Å². The van der Waals surface area contributed by atoms with Gasteiger partial charge in [-0.2, -0.15) is 4.58 Å². The molecule has 3 nitrogen and oxygen atoms in total. The molecular weight excluding hydrogens is 645 g/mol. The van der Waals surface area contributed by atoms with Crippen LogP contribution < -0.4 is 9.64 Å². The highest BCUT2D eigenvalue weighted by atomic mass is 16.5. The molecule has 280 valence electrons. The van der Waals surface area contributed by atoms with Crippen molar-refractivity contribution >= 4 is 17.1 Å². The first-order chi connectivity index (χ1) is 25.4. The summed E-state index contributed by atoms with van der Waals surface area (Å²) < 4.78 is 9.49. The zero-order valence-electron chi connectivity index (χ0n) is 34.1. The number of hydrogen-bond donors (Lipinski definition) is 0. The van der Waals surface area contributed by atoms with Crippen LogP contribution in [-0.4, -0.2) is 23.4 Å². The molecule has 2 aliphatic heterocycles. The van der Waals surface area contributed by atoms with E-state index >= 15 is 0 Å². The van der Waals surface area contributed by atoms with Crippen LogP contribution in [-0.2, 0) is 10.8 Å². The third kappa shape index (κ3) is 8.66. The van der Waals surface area contributed by atoms with Crippen LogP contribution in [0.3, 0.4) is 0 Å². The number of allylic oxidation sites excluding steroid dienone is 7. The molecule has 0 spiro atoms. The first-order valence-electron chi connectivity index (χ1n) is 20.6. The van der Waals surface area contributed by atoms with E-state index in [4.69, 9.17) is 4.74 Å². The number of anilines is 1. The first kappa shape index (κ1) is 38.6. The topological polar surface area (TPSA) is 15.5 Å². The lowest BCUT2D eigenvalue weighted by Crippen LogP contribution is -2.28. The minimum absolute atomic E-state index is 0.0721. The minimum Gasteiger partial charge on any atom is -0.457 e. The Morgan fingerprint density at radius 3 is 2.21 bits per heavy atom. The SMILES string of the molecule is CCCCCN1/C(=C/C=C2\CCCC(/C=C/C3=[N+](CCCCCC(C)(C)C)c4ccccc4C3(C)C)=C2Oc2ccccc2)C(C)(C)c2ccccc21. The Balaban J connectivity index is 1.38.